The highest BCUT2D eigenvalue weighted by Gasteiger charge is 2.13. The number of rotatable bonds is 5. The summed E-state index contributed by atoms with van der Waals surface area (Å²) in [5, 5.41) is 6.25. The van der Waals surface area contributed by atoms with Crippen molar-refractivity contribution in [3.05, 3.63) is 23.9 Å². The third-order valence-corrected chi connectivity index (χ3v) is 3.32. The van der Waals surface area contributed by atoms with Gasteiger partial charge in [0.2, 0.25) is 11.8 Å². The second-order valence-corrected chi connectivity index (χ2v) is 4.83. The molecule has 110 valence electrons. The van der Waals surface area contributed by atoms with Gasteiger partial charge < -0.3 is 15.4 Å². The molecular formula is C14H22N4O2. The number of nitrogens with one attached hydrogen (secondary N) is 2. The standard InChI is InChI=1S/C14H22N4O2/c1-20-14-12(4-2-6-16-14)10-17-13(19)11-18-8-3-5-15-7-9-18/h2,4,6,15H,3,5,7-11H2,1H3,(H,17,19). The summed E-state index contributed by atoms with van der Waals surface area (Å²) < 4.78 is 5.16. The first-order valence-electron chi connectivity index (χ1n) is 6.97. The van der Waals surface area contributed by atoms with Gasteiger partial charge in [-0.3, -0.25) is 9.69 Å². The number of nitrogens with zero attached hydrogens (tertiary/aromatic N) is 2. The smallest absolute Gasteiger partial charge is 0.234 e. The molecule has 0 spiro atoms. The first-order valence-corrected chi connectivity index (χ1v) is 6.97. The maximum atomic E-state index is 12.0. The van der Waals surface area contributed by atoms with Gasteiger partial charge >= 0.3 is 0 Å². The van der Waals surface area contributed by atoms with E-state index < -0.39 is 0 Å². The van der Waals surface area contributed by atoms with E-state index in [0.29, 0.717) is 19.0 Å². The Bertz CT molecular complexity index is 431. The number of carbonyl (C=O) groups excluding carboxylic acids is 1. The van der Waals surface area contributed by atoms with Crippen LogP contribution < -0.4 is 15.4 Å². The average Bonchev–Trinajstić information content (AvgIpc) is 2.74. The Hall–Kier alpha value is -1.66. The summed E-state index contributed by atoms with van der Waals surface area (Å²) >= 11 is 0. The van der Waals surface area contributed by atoms with Crippen molar-refractivity contribution in [3.8, 4) is 5.88 Å². The van der Waals surface area contributed by atoms with Crippen LogP contribution in [0.3, 0.4) is 0 Å². The summed E-state index contributed by atoms with van der Waals surface area (Å²) in [7, 11) is 1.58. The van der Waals surface area contributed by atoms with Crippen molar-refractivity contribution in [1.29, 1.82) is 0 Å². The molecule has 1 aromatic heterocycles. The van der Waals surface area contributed by atoms with Gasteiger partial charge in [-0.15, -0.1) is 0 Å². The molecule has 1 saturated heterocycles. The molecule has 1 fully saturated rings. The normalized spacial score (nSPS) is 16.4. The van der Waals surface area contributed by atoms with E-state index in [1.807, 2.05) is 12.1 Å². The van der Waals surface area contributed by atoms with Crippen molar-refractivity contribution in [2.24, 2.45) is 0 Å². The lowest BCUT2D eigenvalue weighted by atomic mass is 10.2. The van der Waals surface area contributed by atoms with E-state index >= 15 is 0 Å². The Kier molecular flexibility index (Phi) is 5.76. The fourth-order valence-corrected chi connectivity index (χ4v) is 2.26. The minimum atomic E-state index is 0.0396. The van der Waals surface area contributed by atoms with Crippen LogP contribution in [-0.4, -0.2) is 55.6 Å². The first-order chi connectivity index (χ1) is 9.79. The summed E-state index contributed by atoms with van der Waals surface area (Å²) in [5.41, 5.74) is 0.890. The van der Waals surface area contributed by atoms with Crippen LogP contribution in [0.1, 0.15) is 12.0 Å². The predicted octanol–water partition coefficient (Wildman–Crippen LogP) is 0.00170. The molecule has 0 saturated carbocycles. The van der Waals surface area contributed by atoms with Crippen LogP contribution in [0.25, 0.3) is 0 Å². The molecule has 1 aromatic rings. The van der Waals surface area contributed by atoms with Crippen LogP contribution in [0.2, 0.25) is 0 Å². The van der Waals surface area contributed by atoms with Crippen LogP contribution in [0.4, 0.5) is 0 Å². The van der Waals surface area contributed by atoms with Crippen LogP contribution >= 0.6 is 0 Å². The zero-order valence-corrected chi connectivity index (χ0v) is 11.9. The highest BCUT2D eigenvalue weighted by atomic mass is 16.5. The Balaban J connectivity index is 1.79. The van der Waals surface area contributed by atoms with Crippen molar-refractivity contribution in [1.82, 2.24) is 20.5 Å². The topological polar surface area (TPSA) is 66.5 Å². The number of amides is 1. The van der Waals surface area contributed by atoms with E-state index in [0.717, 1.165) is 38.2 Å². The van der Waals surface area contributed by atoms with Gasteiger partial charge in [0, 0.05) is 31.4 Å². The maximum absolute atomic E-state index is 12.0. The molecule has 0 aromatic carbocycles. The van der Waals surface area contributed by atoms with E-state index in [2.05, 4.69) is 20.5 Å². The maximum Gasteiger partial charge on any atom is 0.234 e. The summed E-state index contributed by atoms with van der Waals surface area (Å²) in [4.78, 5) is 18.2. The molecule has 0 bridgehead atoms. The minimum Gasteiger partial charge on any atom is -0.481 e. The van der Waals surface area contributed by atoms with E-state index in [1.165, 1.54) is 0 Å². The van der Waals surface area contributed by atoms with Crippen LogP contribution in [0.15, 0.2) is 18.3 Å². The van der Waals surface area contributed by atoms with Crippen molar-refractivity contribution < 1.29 is 9.53 Å². The SMILES string of the molecule is COc1ncccc1CNC(=O)CN1CCCNCC1. The zero-order chi connectivity index (χ0) is 14.2. The zero-order valence-electron chi connectivity index (χ0n) is 11.9. The van der Waals surface area contributed by atoms with E-state index in [-0.39, 0.29) is 5.91 Å². The minimum absolute atomic E-state index is 0.0396. The number of aromatic nitrogens is 1. The Labute approximate surface area is 119 Å². The van der Waals surface area contributed by atoms with E-state index in [1.54, 1.807) is 13.3 Å². The second kappa shape index (κ2) is 7.81. The molecule has 0 atom stereocenters. The number of methoxy groups -OCH3 is 1. The number of carbonyl (C=O) groups is 1. The van der Waals surface area contributed by atoms with Crippen LogP contribution in [0.5, 0.6) is 5.88 Å². The second-order valence-electron chi connectivity index (χ2n) is 4.83. The van der Waals surface area contributed by atoms with Crippen molar-refractivity contribution in [3.63, 3.8) is 0 Å². The predicted molar refractivity (Wildman–Crippen MR) is 76.6 cm³/mol. The fraction of sp³-hybridized carbons (Fsp3) is 0.571. The fourth-order valence-electron chi connectivity index (χ4n) is 2.26. The largest absolute Gasteiger partial charge is 0.481 e. The summed E-state index contributed by atoms with van der Waals surface area (Å²) in [6.45, 7) is 4.77. The number of pyridine rings is 1. The Morgan fingerprint density at radius 1 is 1.50 bits per heavy atom. The molecule has 1 aliphatic rings. The molecule has 0 radical (unpaired) electrons. The third kappa shape index (κ3) is 4.47. The molecule has 6 heteroatoms. The Morgan fingerprint density at radius 3 is 3.25 bits per heavy atom. The van der Waals surface area contributed by atoms with Crippen LogP contribution in [-0.2, 0) is 11.3 Å². The van der Waals surface area contributed by atoms with Gasteiger partial charge in [-0.2, -0.15) is 0 Å². The summed E-state index contributed by atoms with van der Waals surface area (Å²) in [6, 6.07) is 3.74. The van der Waals surface area contributed by atoms with Gasteiger partial charge in [0.25, 0.3) is 0 Å². The van der Waals surface area contributed by atoms with Crippen molar-refractivity contribution in [2.75, 3.05) is 39.8 Å². The Morgan fingerprint density at radius 2 is 2.40 bits per heavy atom. The first kappa shape index (κ1) is 14.7. The quantitative estimate of drug-likeness (QED) is 0.794. The molecule has 2 N–H and O–H groups in total. The van der Waals surface area contributed by atoms with Gasteiger partial charge in [-0.1, -0.05) is 6.07 Å². The lowest BCUT2D eigenvalue weighted by Gasteiger charge is -2.18. The monoisotopic (exact) mass is 278 g/mol. The number of hydrogen-bond acceptors (Lipinski definition) is 5. The van der Waals surface area contributed by atoms with Gasteiger partial charge in [0.05, 0.1) is 13.7 Å². The van der Waals surface area contributed by atoms with Crippen molar-refractivity contribution >= 4 is 5.91 Å². The highest BCUT2D eigenvalue weighted by molar-refractivity contribution is 5.78. The molecule has 2 heterocycles. The van der Waals surface area contributed by atoms with E-state index in [9.17, 15) is 4.79 Å². The van der Waals surface area contributed by atoms with Gasteiger partial charge in [-0.25, -0.2) is 4.98 Å². The van der Waals surface area contributed by atoms with Crippen molar-refractivity contribution in [2.45, 2.75) is 13.0 Å². The molecule has 2 rings (SSSR count). The molecule has 1 aliphatic heterocycles. The lowest BCUT2D eigenvalue weighted by molar-refractivity contribution is -0.122. The molecule has 0 unspecified atom stereocenters. The van der Waals surface area contributed by atoms with Gasteiger partial charge in [0.15, 0.2) is 0 Å². The third-order valence-electron chi connectivity index (χ3n) is 3.32. The molecule has 20 heavy (non-hydrogen) atoms. The van der Waals surface area contributed by atoms with Gasteiger partial charge in [0.1, 0.15) is 0 Å². The van der Waals surface area contributed by atoms with E-state index in [4.69, 9.17) is 4.74 Å². The van der Waals surface area contributed by atoms with Crippen LogP contribution in [0, 0.1) is 0 Å². The molecule has 6 nitrogen and oxygen atoms in total. The number of ether oxygens (including phenoxy) is 1. The lowest BCUT2D eigenvalue weighted by Crippen LogP contribution is -2.38. The van der Waals surface area contributed by atoms with Gasteiger partial charge in [-0.05, 0) is 25.6 Å². The summed E-state index contributed by atoms with van der Waals surface area (Å²) in [5.74, 6) is 0.601. The number of hydrogen-bond donors (Lipinski definition) is 2. The molecule has 1 amide bonds. The average molecular weight is 278 g/mol. The molecular weight excluding hydrogens is 256 g/mol. The summed E-state index contributed by atoms with van der Waals surface area (Å²) in [6.07, 6.45) is 2.76. The molecule has 0 aliphatic carbocycles. The highest BCUT2D eigenvalue weighted by Crippen LogP contribution is 2.12.